The highest BCUT2D eigenvalue weighted by molar-refractivity contribution is 6.11. The highest BCUT2D eigenvalue weighted by atomic mass is 19.3. The van der Waals surface area contributed by atoms with Crippen LogP contribution >= 0.6 is 0 Å². The van der Waals surface area contributed by atoms with Gasteiger partial charge in [-0.25, -0.2) is 9.79 Å². The van der Waals surface area contributed by atoms with Gasteiger partial charge in [0, 0.05) is 29.4 Å². The fourth-order valence-electron chi connectivity index (χ4n) is 3.81. The van der Waals surface area contributed by atoms with Crippen LogP contribution in [0.4, 0.5) is 14.5 Å². The molecule has 2 aliphatic heterocycles. The van der Waals surface area contributed by atoms with E-state index in [2.05, 4.69) is 40.6 Å². The van der Waals surface area contributed by atoms with Crippen LogP contribution in [0, 0.1) is 0 Å². The largest absolute Gasteiger partial charge is 0.435 e. The summed E-state index contributed by atoms with van der Waals surface area (Å²) in [7, 11) is 1.98. The predicted octanol–water partition coefficient (Wildman–Crippen LogP) is 4.79. The fraction of sp³-hybridized carbons (Fsp3) is 0.217. The van der Waals surface area contributed by atoms with Crippen molar-refractivity contribution < 1.29 is 23.0 Å². The van der Waals surface area contributed by atoms with Crippen molar-refractivity contribution in [2.45, 2.75) is 25.9 Å². The van der Waals surface area contributed by atoms with E-state index in [1.54, 1.807) is 12.1 Å². The fourth-order valence-corrected chi connectivity index (χ4v) is 3.81. The van der Waals surface area contributed by atoms with E-state index in [0.29, 0.717) is 5.56 Å². The molecule has 30 heavy (non-hydrogen) atoms. The first-order chi connectivity index (χ1) is 14.3. The molecule has 0 bridgehead atoms. The number of esters is 1. The minimum Gasteiger partial charge on any atom is -0.435 e. The minimum atomic E-state index is -2.94. The lowest BCUT2D eigenvalue weighted by Crippen LogP contribution is -2.22. The number of nitrogens with zero attached hydrogens (tertiary/aromatic N) is 2. The van der Waals surface area contributed by atoms with E-state index in [4.69, 9.17) is 4.74 Å². The summed E-state index contributed by atoms with van der Waals surface area (Å²) in [6.07, 6.45) is 3.48. The number of benzene rings is 2. The second-order valence-corrected chi connectivity index (χ2v) is 7.52. The molecule has 0 aromatic heterocycles. The maximum atomic E-state index is 12.4. The first-order valence-corrected chi connectivity index (χ1v) is 9.39. The standard InChI is InChI=1S/C23H20F2N2O3/c1-23(2)16-9-4-5-10-18(16)27(3)19(23)12-11-17-21(28)30-20(26-17)14-7-6-8-15(13-14)29-22(24)25/h4-13,22H,1-3H3/b17-11+,19-12-. The van der Waals surface area contributed by atoms with Crippen LogP contribution in [0.1, 0.15) is 25.0 Å². The van der Waals surface area contributed by atoms with E-state index in [9.17, 15) is 13.6 Å². The van der Waals surface area contributed by atoms with Crippen molar-refractivity contribution in [3.05, 3.63) is 83.2 Å². The van der Waals surface area contributed by atoms with Crippen LogP contribution in [0.2, 0.25) is 0 Å². The number of hydrogen-bond acceptors (Lipinski definition) is 5. The summed E-state index contributed by atoms with van der Waals surface area (Å²) in [6, 6.07) is 14.0. The van der Waals surface area contributed by atoms with Crippen molar-refractivity contribution in [2.75, 3.05) is 11.9 Å². The maximum absolute atomic E-state index is 12.4. The predicted molar refractivity (Wildman–Crippen MR) is 110 cm³/mol. The molecular formula is C23H20F2N2O3. The summed E-state index contributed by atoms with van der Waals surface area (Å²) in [5, 5.41) is 0. The number of allylic oxidation sites excluding steroid dienone is 3. The topological polar surface area (TPSA) is 51.1 Å². The van der Waals surface area contributed by atoms with Gasteiger partial charge >= 0.3 is 12.6 Å². The zero-order valence-electron chi connectivity index (χ0n) is 16.7. The molecule has 0 N–H and O–H groups in total. The number of halogens is 2. The number of likely N-dealkylation sites (N-methyl/N-ethyl adjacent to an activating group) is 1. The molecule has 2 heterocycles. The second-order valence-electron chi connectivity index (χ2n) is 7.52. The molecule has 2 aromatic rings. The van der Waals surface area contributed by atoms with E-state index < -0.39 is 12.6 Å². The number of fused-ring (bicyclic) bond motifs is 1. The van der Waals surface area contributed by atoms with Crippen molar-refractivity contribution in [3.8, 4) is 5.75 Å². The molecule has 0 radical (unpaired) electrons. The quantitative estimate of drug-likeness (QED) is 0.537. The molecule has 154 valence electrons. The van der Waals surface area contributed by atoms with Crippen LogP contribution in [0.15, 0.2) is 77.1 Å². The van der Waals surface area contributed by atoms with Gasteiger partial charge in [-0.3, -0.25) is 0 Å². The molecule has 7 heteroatoms. The van der Waals surface area contributed by atoms with Crippen molar-refractivity contribution in [3.63, 3.8) is 0 Å². The molecule has 0 aliphatic carbocycles. The SMILES string of the molecule is CN1/C(=C\C=C2\N=C(c3cccc(OC(F)F)c3)OC2=O)C(C)(C)c2ccccc21. The summed E-state index contributed by atoms with van der Waals surface area (Å²) >= 11 is 0. The number of rotatable bonds is 4. The van der Waals surface area contributed by atoms with Crippen LogP contribution in [-0.2, 0) is 14.9 Å². The summed E-state index contributed by atoms with van der Waals surface area (Å²) in [6.45, 7) is 1.30. The van der Waals surface area contributed by atoms with E-state index in [1.165, 1.54) is 23.8 Å². The Balaban J connectivity index is 1.64. The number of carbonyl (C=O) groups is 1. The number of cyclic esters (lactones) is 1. The lowest BCUT2D eigenvalue weighted by molar-refractivity contribution is -0.130. The average molecular weight is 410 g/mol. The molecular weight excluding hydrogens is 390 g/mol. The Hall–Kier alpha value is -3.48. The molecule has 0 fully saturated rings. The Morgan fingerprint density at radius 2 is 1.90 bits per heavy atom. The van der Waals surface area contributed by atoms with Gasteiger partial charge in [-0.05, 0) is 42.0 Å². The Kier molecular flexibility index (Phi) is 4.89. The van der Waals surface area contributed by atoms with Gasteiger partial charge in [0.1, 0.15) is 5.75 Å². The molecule has 0 amide bonds. The average Bonchev–Trinajstić information content (AvgIpc) is 3.16. The van der Waals surface area contributed by atoms with Gasteiger partial charge in [-0.1, -0.05) is 38.1 Å². The lowest BCUT2D eigenvalue weighted by Gasteiger charge is -2.23. The summed E-state index contributed by atoms with van der Waals surface area (Å²) in [5.41, 5.74) is 3.60. The maximum Gasteiger partial charge on any atom is 0.387 e. The van der Waals surface area contributed by atoms with Gasteiger partial charge in [0.15, 0.2) is 5.70 Å². The highest BCUT2D eigenvalue weighted by Crippen LogP contribution is 2.46. The van der Waals surface area contributed by atoms with Crippen LogP contribution in [-0.4, -0.2) is 25.5 Å². The van der Waals surface area contributed by atoms with Gasteiger partial charge in [0.25, 0.3) is 0 Å². The first kappa shape index (κ1) is 19.8. The number of para-hydroxylation sites is 1. The Bertz CT molecular complexity index is 1100. The Morgan fingerprint density at radius 1 is 1.13 bits per heavy atom. The number of alkyl halides is 2. The molecule has 0 spiro atoms. The minimum absolute atomic E-state index is 0.0344. The first-order valence-electron chi connectivity index (χ1n) is 9.39. The van der Waals surface area contributed by atoms with E-state index in [-0.39, 0.29) is 22.8 Å². The van der Waals surface area contributed by atoms with Gasteiger partial charge in [0.2, 0.25) is 5.90 Å². The van der Waals surface area contributed by atoms with Crippen LogP contribution in [0.3, 0.4) is 0 Å². The zero-order chi connectivity index (χ0) is 21.5. The van der Waals surface area contributed by atoms with Crippen molar-refractivity contribution in [2.24, 2.45) is 4.99 Å². The summed E-state index contributed by atoms with van der Waals surface area (Å²) < 4.78 is 34.5. The Labute approximate surface area is 172 Å². The van der Waals surface area contributed by atoms with E-state index in [0.717, 1.165) is 11.4 Å². The van der Waals surface area contributed by atoms with Gasteiger partial charge in [0.05, 0.1) is 0 Å². The second kappa shape index (κ2) is 7.40. The smallest absolute Gasteiger partial charge is 0.387 e. The highest BCUT2D eigenvalue weighted by Gasteiger charge is 2.38. The normalized spacial score (nSPS) is 20.0. The monoisotopic (exact) mass is 410 g/mol. The third-order valence-corrected chi connectivity index (χ3v) is 5.27. The number of carbonyl (C=O) groups excluding carboxylic acids is 1. The van der Waals surface area contributed by atoms with Gasteiger partial charge in [-0.2, -0.15) is 8.78 Å². The zero-order valence-corrected chi connectivity index (χ0v) is 16.7. The number of ether oxygens (including phenoxy) is 2. The number of hydrogen-bond donors (Lipinski definition) is 0. The molecule has 4 rings (SSSR count). The van der Waals surface area contributed by atoms with E-state index in [1.807, 2.05) is 25.3 Å². The molecule has 2 aliphatic rings. The third kappa shape index (κ3) is 3.47. The lowest BCUT2D eigenvalue weighted by atomic mass is 9.84. The molecule has 0 saturated carbocycles. The molecule has 2 aromatic carbocycles. The van der Waals surface area contributed by atoms with Gasteiger partial charge < -0.3 is 14.4 Å². The number of aliphatic imine (C=N–C) groups is 1. The van der Waals surface area contributed by atoms with Crippen LogP contribution in [0.25, 0.3) is 0 Å². The third-order valence-electron chi connectivity index (χ3n) is 5.27. The molecule has 0 atom stereocenters. The van der Waals surface area contributed by atoms with Crippen molar-refractivity contribution in [1.82, 2.24) is 0 Å². The Morgan fingerprint density at radius 3 is 2.63 bits per heavy atom. The summed E-state index contributed by atoms with van der Waals surface area (Å²) in [4.78, 5) is 18.6. The van der Waals surface area contributed by atoms with Crippen molar-refractivity contribution >= 4 is 17.6 Å². The van der Waals surface area contributed by atoms with E-state index >= 15 is 0 Å². The van der Waals surface area contributed by atoms with Crippen LogP contribution < -0.4 is 9.64 Å². The molecule has 0 unspecified atom stereocenters. The van der Waals surface area contributed by atoms with Gasteiger partial charge in [-0.15, -0.1) is 0 Å². The summed E-state index contributed by atoms with van der Waals surface area (Å²) in [5.74, 6) is -0.586. The molecule has 0 saturated heterocycles. The number of anilines is 1. The van der Waals surface area contributed by atoms with Crippen LogP contribution in [0.5, 0.6) is 5.75 Å². The molecule has 5 nitrogen and oxygen atoms in total. The van der Waals surface area contributed by atoms with Crippen molar-refractivity contribution in [1.29, 1.82) is 0 Å².